The fraction of sp³-hybridized carbons (Fsp3) is 0.444. The summed E-state index contributed by atoms with van der Waals surface area (Å²) in [6.45, 7) is 2.80. The van der Waals surface area contributed by atoms with Crippen molar-refractivity contribution in [1.82, 2.24) is 20.0 Å². The highest BCUT2D eigenvalue weighted by atomic mass is 16.5. The van der Waals surface area contributed by atoms with E-state index in [9.17, 15) is 4.79 Å². The van der Waals surface area contributed by atoms with Gasteiger partial charge in [-0.25, -0.2) is 4.79 Å². The van der Waals surface area contributed by atoms with Crippen LogP contribution >= 0.6 is 0 Å². The fourth-order valence-corrected chi connectivity index (χ4v) is 2.94. The molecule has 3 rings (SSSR count). The Balaban J connectivity index is 1.60. The number of carbonyl (C=O) groups excluding carboxylic acids is 1. The highest BCUT2D eigenvalue weighted by Gasteiger charge is 2.21. The molecule has 2 heterocycles. The molecule has 1 unspecified atom stereocenters. The molecule has 1 fully saturated rings. The van der Waals surface area contributed by atoms with E-state index in [4.69, 9.17) is 10.5 Å². The normalized spacial score (nSPS) is 18.0. The molecule has 7 nitrogen and oxygen atoms in total. The van der Waals surface area contributed by atoms with Crippen LogP contribution in [0, 0.1) is 0 Å². The molecule has 1 saturated heterocycles. The van der Waals surface area contributed by atoms with Gasteiger partial charge in [-0.05, 0) is 23.6 Å². The van der Waals surface area contributed by atoms with Crippen LogP contribution < -0.4 is 11.1 Å². The first-order valence-electron chi connectivity index (χ1n) is 8.58. The lowest BCUT2D eigenvalue weighted by Gasteiger charge is -2.23. The average Bonchev–Trinajstić information content (AvgIpc) is 2.92. The van der Waals surface area contributed by atoms with Gasteiger partial charge in [0, 0.05) is 51.6 Å². The molecule has 2 amide bonds. The molecule has 0 saturated carbocycles. The van der Waals surface area contributed by atoms with Gasteiger partial charge in [0.25, 0.3) is 0 Å². The van der Waals surface area contributed by atoms with Crippen molar-refractivity contribution in [2.24, 2.45) is 12.8 Å². The van der Waals surface area contributed by atoms with Crippen LogP contribution in [0.1, 0.15) is 12.0 Å². The lowest BCUT2D eigenvalue weighted by atomic mass is 10.1. The minimum Gasteiger partial charge on any atom is -0.375 e. The van der Waals surface area contributed by atoms with Crippen molar-refractivity contribution in [3.63, 3.8) is 0 Å². The Morgan fingerprint density at radius 2 is 2.32 bits per heavy atom. The van der Waals surface area contributed by atoms with Crippen molar-refractivity contribution in [2.75, 3.05) is 26.2 Å². The molecular weight excluding hydrogens is 318 g/mol. The summed E-state index contributed by atoms with van der Waals surface area (Å²) in [6, 6.07) is 8.05. The van der Waals surface area contributed by atoms with Gasteiger partial charge in [-0.3, -0.25) is 4.68 Å². The lowest BCUT2D eigenvalue weighted by molar-refractivity contribution is 0.0639. The topological polar surface area (TPSA) is 85.4 Å². The summed E-state index contributed by atoms with van der Waals surface area (Å²) in [5, 5.41) is 7.20. The molecule has 25 heavy (non-hydrogen) atoms. The van der Waals surface area contributed by atoms with Gasteiger partial charge in [0.15, 0.2) is 0 Å². The monoisotopic (exact) mass is 343 g/mol. The van der Waals surface area contributed by atoms with Crippen LogP contribution in [0.25, 0.3) is 11.1 Å². The van der Waals surface area contributed by atoms with E-state index in [-0.39, 0.29) is 12.1 Å². The van der Waals surface area contributed by atoms with E-state index in [0.717, 1.165) is 23.1 Å². The second-order valence-electron chi connectivity index (χ2n) is 6.29. The summed E-state index contributed by atoms with van der Waals surface area (Å²) >= 11 is 0. The summed E-state index contributed by atoms with van der Waals surface area (Å²) in [7, 11) is 1.90. The minimum atomic E-state index is -0.0813. The lowest BCUT2D eigenvalue weighted by Crippen LogP contribution is -2.44. The molecular formula is C18H25N5O2. The van der Waals surface area contributed by atoms with Crippen molar-refractivity contribution in [3.05, 3.63) is 42.2 Å². The molecule has 134 valence electrons. The Kier molecular flexibility index (Phi) is 5.67. The van der Waals surface area contributed by atoms with Crippen LogP contribution in [-0.4, -0.2) is 53.1 Å². The fourth-order valence-electron chi connectivity index (χ4n) is 2.94. The summed E-state index contributed by atoms with van der Waals surface area (Å²) in [5.74, 6) is 0. The van der Waals surface area contributed by atoms with E-state index in [1.54, 1.807) is 9.58 Å². The number of amides is 2. The number of nitrogens with one attached hydrogen (secondary N) is 1. The number of hydrogen-bond donors (Lipinski definition) is 2. The average molecular weight is 343 g/mol. The second kappa shape index (κ2) is 8.13. The molecule has 1 aromatic carbocycles. The number of aryl methyl sites for hydroxylation is 1. The first-order valence-corrected chi connectivity index (χ1v) is 8.58. The van der Waals surface area contributed by atoms with Crippen LogP contribution in [0.15, 0.2) is 36.7 Å². The third-order valence-electron chi connectivity index (χ3n) is 4.31. The summed E-state index contributed by atoms with van der Waals surface area (Å²) in [5.41, 5.74) is 8.89. The molecule has 2 aromatic rings. The third-order valence-corrected chi connectivity index (χ3v) is 4.31. The first-order chi connectivity index (χ1) is 12.2. The van der Waals surface area contributed by atoms with E-state index in [2.05, 4.69) is 16.5 Å². The predicted molar refractivity (Wildman–Crippen MR) is 95.9 cm³/mol. The quantitative estimate of drug-likeness (QED) is 0.877. The van der Waals surface area contributed by atoms with Crippen molar-refractivity contribution in [3.8, 4) is 11.1 Å². The van der Waals surface area contributed by atoms with E-state index >= 15 is 0 Å². The van der Waals surface area contributed by atoms with Gasteiger partial charge < -0.3 is 20.7 Å². The summed E-state index contributed by atoms with van der Waals surface area (Å²) < 4.78 is 7.38. The van der Waals surface area contributed by atoms with Gasteiger partial charge in [0.2, 0.25) is 0 Å². The first kappa shape index (κ1) is 17.4. The van der Waals surface area contributed by atoms with Gasteiger partial charge in [-0.2, -0.15) is 5.10 Å². The SMILES string of the molecule is Cn1cc(-c2cccc(CNC(=O)N3CCCOC(CN)C3)c2)cn1. The molecule has 0 bridgehead atoms. The molecule has 7 heteroatoms. The molecule has 1 aliphatic heterocycles. The van der Waals surface area contributed by atoms with Crippen molar-refractivity contribution < 1.29 is 9.53 Å². The van der Waals surface area contributed by atoms with Crippen LogP contribution in [0.3, 0.4) is 0 Å². The molecule has 0 aliphatic carbocycles. The largest absolute Gasteiger partial charge is 0.375 e. The third kappa shape index (κ3) is 4.58. The number of hydrogen-bond acceptors (Lipinski definition) is 4. The van der Waals surface area contributed by atoms with Gasteiger partial charge in [-0.15, -0.1) is 0 Å². The van der Waals surface area contributed by atoms with E-state index in [1.807, 2.05) is 37.6 Å². The number of carbonyl (C=O) groups is 1. The smallest absolute Gasteiger partial charge is 0.317 e. The minimum absolute atomic E-state index is 0.0734. The number of urea groups is 1. The number of nitrogens with two attached hydrogens (primary N) is 1. The predicted octanol–water partition coefficient (Wildman–Crippen LogP) is 1.35. The number of ether oxygens (including phenoxy) is 1. The molecule has 0 spiro atoms. The molecule has 1 aliphatic rings. The highest BCUT2D eigenvalue weighted by Crippen LogP contribution is 2.19. The number of nitrogens with zero attached hydrogens (tertiary/aromatic N) is 3. The zero-order chi connectivity index (χ0) is 17.6. The number of rotatable bonds is 4. The second-order valence-corrected chi connectivity index (χ2v) is 6.29. The van der Waals surface area contributed by atoms with Crippen molar-refractivity contribution in [1.29, 1.82) is 0 Å². The summed E-state index contributed by atoms with van der Waals surface area (Å²) in [4.78, 5) is 14.2. The Morgan fingerprint density at radius 1 is 1.44 bits per heavy atom. The highest BCUT2D eigenvalue weighted by molar-refractivity contribution is 5.74. The van der Waals surface area contributed by atoms with Gasteiger partial charge in [0.1, 0.15) is 0 Å². The number of aromatic nitrogens is 2. The van der Waals surface area contributed by atoms with Crippen LogP contribution in [0.2, 0.25) is 0 Å². The maximum absolute atomic E-state index is 12.4. The van der Waals surface area contributed by atoms with E-state index < -0.39 is 0 Å². The van der Waals surface area contributed by atoms with Gasteiger partial charge >= 0.3 is 6.03 Å². The zero-order valence-corrected chi connectivity index (χ0v) is 14.5. The maximum atomic E-state index is 12.4. The van der Waals surface area contributed by atoms with Crippen molar-refractivity contribution in [2.45, 2.75) is 19.1 Å². The standard InChI is InChI=1S/C18H25N5O2/c1-22-12-16(11-21-22)15-5-2-4-14(8-15)10-20-18(24)23-6-3-7-25-17(9-19)13-23/h2,4-5,8,11-12,17H,3,6-7,9-10,13,19H2,1H3,(H,20,24). The summed E-state index contributed by atoms with van der Waals surface area (Å²) in [6.07, 6.45) is 4.56. The van der Waals surface area contributed by atoms with Crippen LogP contribution in [0.5, 0.6) is 0 Å². The van der Waals surface area contributed by atoms with Crippen LogP contribution in [0.4, 0.5) is 4.79 Å². The Morgan fingerprint density at radius 3 is 3.08 bits per heavy atom. The number of benzene rings is 1. The zero-order valence-electron chi connectivity index (χ0n) is 14.5. The Hall–Kier alpha value is -2.38. The van der Waals surface area contributed by atoms with Gasteiger partial charge in [0.05, 0.1) is 12.3 Å². The van der Waals surface area contributed by atoms with Crippen LogP contribution in [-0.2, 0) is 18.3 Å². The Labute approximate surface area is 147 Å². The molecule has 1 aromatic heterocycles. The molecule has 0 radical (unpaired) electrons. The van der Waals surface area contributed by atoms with E-state index in [1.165, 1.54) is 0 Å². The van der Waals surface area contributed by atoms with E-state index in [0.29, 0.717) is 32.8 Å². The molecule has 1 atom stereocenters. The maximum Gasteiger partial charge on any atom is 0.317 e. The molecule has 3 N–H and O–H groups in total. The van der Waals surface area contributed by atoms with Crippen molar-refractivity contribution >= 4 is 6.03 Å². The van der Waals surface area contributed by atoms with Gasteiger partial charge in [-0.1, -0.05) is 18.2 Å². The Bertz CT molecular complexity index is 715.